The summed E-state index contributed by atoms with van der Waals surface area (Å²) in [5.74, 6) is -0.0751. The predicted octanol–water partition coefficient (Wildman–Crippen LogP) is 2.85. The Bertz CT molecular complexity index is 786. The molecule has 0 saturated carbocycles. The van der Waals surface area contributed by atoms with E-state index in [-0.39, 0.29) is 29.5 Å². The van der Waals surface area contributed by atoms with E-state index in [1.54, 1.807) is 35.6 Å². The number of hydrogen-bond donors (Lipinski definition) is 3. The first kappa shape index (κ1) is 20.4. The molecule has 7 heteroatoms. The number of hydrogen-bond acceptors (Lipinski definition) is 5. The lowest BCUT2D eigenvalue weighted by Crippen LogP contribution is -2.49. The second kappa shape index (κ2) is 9.71. The van der Waals surface area contributed by atoms with Gasteiger partial charge in [0.05, 0.1) is 11.7 Å². The Kier molecular flexibility index (Phi) is 7.06. The maximum absolute atomic E-state index is 12.5. The maximum atomic E-state index is 12.5. The molecule has 1 saturated heterocycles. The van der Waals surface area contributed by atoms with Crippen LogP contribution in [0, 0.1) is 5.92 Å². The van der Waals surface area contributed by atoms with E-state index in [0.29, 0.717) is 38.2 Å². The molecule has 2 heterocycles. The zero-order valence-corrected chi connectivity index (χ0v) is 16.9. The maximum Gasteiger partial charge on any atom is 0.237 e. The van der Waals surface area contributed by atoms with Crippen LogP contribution in [0.15, 0.2) is 41.8 Å². The van der Waals surface area contributed by atoms with Gasteiger partial charge in [-0.2, -0.15) is 0 Å². The molecule has 150 valence electrons. The molecule has 1 atom stereocenters. The van der Waals surface area contributed by atoms with Gasteiger partial charge in [0.15, 0.2) is 0 Å². The minimum absolute atomic E-state index is 0.0358. The third-order valence-corrected chi connectivity index (χ3v) is 6.18. The van der Waals surface area contributed by atoms with Gasteiger partial charge in [-0.15, -0.1) is 11.3 Å². The Hall–Kier alpha value is -2.38. The molecule has 28 heavy (non-hydrogen) atoms. The van der Waals surface area contributed by atoms with Crippen LogP contribution in [0.3, 0.4) is 0 Å². The molecule has 3 N–H and O–H groups in total. The molecular weight excluding hydrogens is 374 g/mol. The Morgan fingerprint density at radius 3 is 2.64 bits per heavy atom. The van der Waals surface area contributed by atoms with E-state index in [1.165, 1.54) is 4.88 Å². The van der Waals surface area contributed by atoms with Crippen molar-refractivity contribution in [3.05, 3.63) is 46.7 Å². The molecule has 1 fully saturated rings. The first-order chi connectivity index (χ1) is 13.5. The number of phenolic OH excluding ortho intramolecular Hbond substituents is 1. The van der Waals surface area contributed by atoms with Crippen LogP contribution < -0.4 is 10.6 Å². The first-order valence-corrected chi connectivity index (χ1v) is 10.6. The number of thiophene rings is 1. The van der Waals surface area contributed by atoms with Crippen LogP contribution in [-0.4, -0.2) is 47.5 Å². The van der Waals surface area contributed by atoms with Crippen molar-refractivity contribution in [2.75, 3.05) is 25.0 Å². The van der Waals surface area contributed by atoms with Gasteiger partial charge in [-0.3, -0.25) is 14.5 Å². The second-order valence-electron chi connectivity index (χ2n) is 7.11. The minimum atomic E-state index is -0.203. The number of phenols is 1. The van der Waals surface area contributed by atoms with E-state index in [9.17, 15) is 14.7 Å². The fraction of sp³-hybridized carbons (Fsp3) is 0.429. The highest BCUT2D eigenvalue weighted by atomic mass is 32.1. The van der Waals surface area contributed by atoms with Crippen molar-refractivity contribution in [2.45, 2.75) is 32.2 Å². The fourth-order valence-electron chi connectivity index (χ4n) is 3.44. The zero-order chi connectivity index (χ0) is 19.9. The lowest BCUT2D eigenvalue weighted by molar-refractivity contribution is -0.127. The van der Waals surface area contributed by atoms with Crippen molar-refractivity contribution in [3.63, 3.8) is 0 Å². The molecule has 0 spiro atoms. The molecule has 0 aliphatic carbocycles. The molecule has 0 radical (unpaired) electrons. The molecule has 2 amide bonds. The Morgan fingerprint density at radius 1 is 1.21 bits per heavy atom. The van der Waals surface area contributed by atoms with Gasteiger partial charge in [0.25, 0.3) is 0 Å². The number of likely N-dealkylation sites (tertiary alicyclic amines) is 1. The molecule has 1 aliphatic heterocycles. The molecule has 1 aromatic carbocycles. The van der Waals surface area contributed by atoms with Gasteiger partial charge in [-0.1, -0.05) is 18.2 Å². The summed E-state index contributed by atoms with van der Waals surface area (Å²) in [5, 5.41) is 17.7. The van der Waals surface area contributed by atoms with Crippen LogP contribution in [0.2, 0.25) is 0 Å². The summed E-state index contributed by atoms with van der Waals surface area (Å²) in [6, 6.07) is 10.6. The summed E-state index contributed by atoms with van der Waals surface area (Å²) in [7, 11) is 0. The van der Waals surface area contributed by atoms with Gasteiger partial charge >= 0.3 is 0 Å². The summed E-state index contributed by atoms with van der Waals surface area (Å²) < 4.78 is 0. The Morgan fingerprint density at radius 2 is 1.96 bits per heavy atom. The number of amides is 2. The number of nitrogens with one attached hydrogen (secondary N) is 2. The van der Waals surface area contributed by atoms with Crippen LogP contribution in [0.5, 0.6) is 5.75 Å². The van der Waals surface area contributed by atoms with Crippen molar-refractivity contribution in [2.24, 2.45) is 5.92 Å². The molecule has 1 unspecified atom stereocenters. The highest BCUT2D eigenvalue weighted by Crippen LogP contribution is 2.25. The Balaban J connectivity index is 1.41. The third-order valence-electron chi connectivity index (χ3n) is 5.24. The summed E-state index contributed by atoms with van der Waals surface area (Å²) in [4.78, 5) is 28.3. The minimum Gasteiger partial charge on any atom is -0.506 e. The van der Waals surface area contributed by atoms with Crippen LogP contribution in [0.4, 0.5) is 5.69 Å². The number of anilines is 1. The highest BCUT2D eigenvalue weighted by molar-refractivity contribution is 7.09. The average Bonchev–Trinajstić information content (AvgIpc) is 3.22. The van der Waals surface area contributed by atoms with Gasteiger partial charge in [0.2, 0.25) is 11.8 Å². The van der Waals surface area contributed by atoms with E-state index in [1.807, 2.05) is 18.4 Å². The van der Waals surface area contributed by atoms with E-state index < -0.39 is 0 Å². The number of aromatic hydroxyl groups is 1. The van der Waals surface area contributed by atoms with Crippen LogP contribution in [0.1, 0.15) is 24.6 Å². The molecule has 3 rings (SSSR count). The first-order valence-electron chi connectivity index (χ1n) is 9.67. The standard InChI is InChI=1S/C21H27N3O3S/c1-15(20(26)22-11-8-17-5-4-14-28-17)24-12-9-16(10-13-24)21(27)23-18-6-2-3-7-19(18)25/h2-7,14-16,25H,8-13H2,1H3,(H,22,26)(H,23,27). The monoisotopic (exact) mass is 401 g/mol. The molecule has 1 aromatic heterocycles. The van der Waals surface area contributed by atoms with Gasteiger partial charge in [-0.25, -0.2) is 0 Å². The lowest BCUT2D eigenvalue weighted by Gasteiger charge is -2.34. The molecule has 6 nitrogen and oxygen atoms in total. The molecule has 2 aromatic rings. The van der Waals surface area contributed by atoms with Crippen LogP contribution in [0.25, 0.3) is 0 Å². The van der Waals surface area contributed by atoms with E-state index in [0.717, 1.165) is 6.42 Å². The number of para-hydroxylation sites is 2. The van der Waals surface area contributed by atoms with Gasteiger partial charge in [-0.05, 0) is 62.9 Å². The van der Waals surface area contributed by atoms with E-state index >= 15 is 0 Å². The second-order valence-corrected chi connectivity index (χ2v) is 8.15. The number of piperidine rings is 1. The van der Waals surface area contributed by atoms with Gasteiger partial charge < -0.3 is 15.7 Å². The van der Waals surface area contributed by atoms with Crippen molar-refractivity contribution in [3.8, 4) is 5.75 Å². The number of rotatable bonds is 7. The van der Waals surface area contributed by atoms with Crippen molar-refractivity contribution >= 4 is 28.8 Å². The summed E-state index contributed by atoms with van der Waals surface area (Å²) in [6.45, 7) is 3.97. The van der Waals surface area contributed by atoms with Crippen molar-refractivity contribution in [1.82, 2.24) is 10.2 Å². The number of benzene rings is 1. The number of carbonyl (C=O) groups is 2. The fourth-order valence-corrected chi connectivity index (χ4v) is 4.15. The zero-order valence-electron chi connectivity index (χ0n) is 16.1. The smallest absolute Gasteiger partial charge is 0.237 e. The van der Waals surface area contributed by atoms with Crippen LogP contribution >= 0.6 is 11.3 Å². The van der Waals surface area contributed by atoms with Crippen molar-refractivity contribution in [1.29, 1.82) is 0 Å². The third kappa shape index (κ3) is 5.33. The molecule has 1 aliphatic rings. The predicted molar refractivity (Wildman–Crippen MR) is 112 cm³/mol. The molecule has 0 bridgehead atoms. The van der Waals surface area contributed by atoms with E-state index in [4.69, 9.17) is 0 Å². The normalized spacial score (nSPS) is 16.5. The van der Waals surface area contributed by atoms with E-state index in [2.05, 4.69) is 21.6 Å². The number of carbonyl (C=O) groups excluding carboxylic acids is 2. The average molecular weight is 402 g/mol. The lowest BCUT2D eigenvalue weighted by atomic mass is 9.94. The summed E-state index contributed by atoms with van der Waals surface area (Å²) in [5.41, 5.74) is 0.438. The van der Waals surface area contributed by atoms with Gasteiger partial charge in [0.1, 0.15) is 5.75 Å². The highest BCUT2D eigenvalue weighted by Gasteiger charge is 2.29. The number of nitrogens with zero attached hydrogens (tertiary/aromatic N) is 1. The van der Waals surface area contributed by atoms with Crippen LogP contribution in [-0.2, 0) is 16.0 Å². The quantitative estimate of drug-likeness (QED) is 0.623. The largest absolute Gasteiger partial charge is 0.506 e. The SMILES string of the molecule is CC(C(=O)NCCc1cccs1)N1CCC(C(=O)Nc2ccccc2O)CC1. The molecular formula is C21H27N3O3S. The summed E-state index contributed by atoms with van der Waals surface area (Å²) >= 11 is 1.70. The topological polar surface area (TPSA) is 81.7 Å². The van der Waals surface area contributed by atoms with Gasteiger partial charge in [0, 0.05) is 17.3 Å². The van der Waals surface area contributed by atoms with Crippen molar-refractivity contribution < 1.29 is 14.7 Å². The summed E-state index contributed by atoms with van der Waals surface area (Å²) in [6.07, 6.45) is 2.25. The Labute approximate surface area is 169 Å².